The molecule has 5 nitrogen and oxygen atoms in total. The second-order valence-electron chi connectivity index (χ2n) is 9.28. The molecule has 170 valence electrons. The fourth-order valence-corrected chi connectivity index (χ4v) is 5.61. The summed E-state index contributed by atoms with van der Waals surface area (Å²) in [5.74, 6) is -0.408. The van der Waals surface area contributed by atoms with Gasteiger partial charge in [0.1, 0.15) is 0 Å². The van der Waals surface area contributed by atoms with Crippen LogP contribution in [0, 0.1) is 0 Å². The van der Waals surface area contributed by atoms with E-state index in [0.717, 1.165) is 48.3 Å². The van der Waals surface area contributed by atoms with E-state index in [2.05, 4.69) is 15.6 Å². The van der Waals surface area contributed by atoms with E-state index >= 15 is 0 Å². The van der Waals surface area contributed by atoms with Crippen molar-refractivity contribution < 1.29 is 9.59 Å². The number of hydrogen-bond donors (Lipinski definition) is 2. The summed E-state index contributed by atoms with van der Waals surface area (Å²) in [4.78, 5) is 31.6. The molecule has 0 bridgehead atoms. The fraction of sp³-hybridized carbons (Fsp3) is 0.370. The molecule has 1 aromatic carbocycles. The maximum absolute atomic E-state index is 13.6. The molecule has 2 aromatic rings. The van der Waals surface area contributed by atoms with E-state index in [0.29, 0.717) is 29.0 Å². The highest BCUT2D eigenvalue weighted by Crippen LogP contribution is 2.45. The summed E-state index contributed by atoms with van der Waals surface area (Å²) in [6, 6.07) is 13.6. The number of rotatable bonds is 4. The Balaban J connectivity index is 1.52. The maximum Gasteiger partial charge on any atom is 0.250 e. The van der Waals surface area contributed by atoms with E-state index in [4.69, 9.17) is 11.6 Å². The molecule has 1 amide bonds. The van der Waals surface area contributed by atoms with Crippen molar-refractivity contribution in [3.63, 3.8) is 0 Å². The topological polar surface area (TPSA) is 71.1 Å². The Labute approximate surface area is 199 Å². The first-order chi connectivity index (χ1) is 16.0. The van der Waals surface area contributed by atoms with Crippen LogP contribution in [0.5, 0.6) is 0 Å². The standard InChI is InChI=1S/C27H28ClN3O2/c1-16-24(27(33)31-20-6-2-3-7-20)26(21-8-4-5-13-29-21)25-22(30-16)14-18(15-23(25)32)17-9-11-19(28)12-10-17/h4-5,8-13,18,20,26,30H,2-3,6-7,14-15H2,1H3,(H,31,33)/t18-,26-/m1/s1. The number of Topliss-reactive ketones (excluding diaryl/α,β-unsaturated/α-hetero) is 1. The number of nitrogens with one attached hydrogen (secondary N) is 2. The molecule has 5 rings (SSSR count). The zero-order chi connectivity index (χ0) is 22.9. The Bertz CT molecular complexity index is 1130. The van der Waals surface area contributed by atoms with Gasteiger partial charge in [-0.15, -0.1) is 0 Å². The van der Waals surface area contributed by atoms with Crippen molar-refractivity contribution in [1.82, 2.24) is 15.6 Å². The number of halogens is 1. The summed E-state index contributed by atoms with van der Waals surface area (Å²) in [5.41, 5.74) is 4.82. The van der Waals surface area contributed by atoms with Gasteiger partial charge < -0.3 is 10.6 Å². The second kappa shape index (κ2) is 9.14. The Hall–Kier alpha value is -2.92. The molecule has 1 aliphatic heterocycles. The summed E-state index contributed by atoms with van der Waals surface area (Å²) in [5, 5.41) is 7.34. The summed E-state index contributed by atoms with van der Waals surface area (Å²) in [7, 11) is 0. The highest BCUT2D eigenvalue weighted by Gasteiger charge is 2.41. The molecule has 1 aromatic heterocycles. The van der Waals surface area contributed by atoms with Crippen LogP contribution in [0.4, 0.5) is 0 Å². The number of carbonyl (C=O) groups excluding carboxylic acids is 2. The van der Waals surface area contributed by atoms with Gasteiger partial charge in [0.25, 0.3) is 0 Å². The second-order valence-corrected chi connectivity index (χ2v) is 9.71. The molecule has 0 radical (unpaired) electrons. The number of hydrogen-bond acceptors (Lipinski definition) is 4. The summed E-state index contributed by atoms with van der Waals surface area (Å²) >= 11 is 6.06. The minimum atomic E-state index is -0.456. The molecular formula is C27H28ClN3O2. The van der Waals surface area contributed by atoms with Crippen LogP contribution in [-0.4, -0.2) is 22.7 Å². The third-order valence-electron chi connectivity index (χ3n) is 7.09. The summed E-state index contributed by atoms with van der Waals surface area (Å²) in [6.45, 7) is 1.93. The smallest absolute Gasteiger partial charge is 0.250 e. The predicted molar refractivity (Wildman–Crippen MR) is 129 cm³/mol. The molecule has 0 unspecified atom stereocenters. The fourth-order valence-electron chi connectivity index (χ4n) is 5.49. The number of nitrogens with zero attached hydrogens (tertiary/aromatic N) is 1. The van der Waals surface area contributed by atoms with Gasteiger partial charge in [0.15, 0.2) is 5.78 Å². The van der Waals surface area contributed by atoms with Crippen LogP contribution in [0.25, 0.3) is 0 Å². The van der Waals surface area contributed by atoms with Crippen LogP contribution in [0.15, 0.2) is 71.2 Å². The normalized spacial score (nSPS) is 23.4. The van der Waals surface area contributed by atoms with Gasteiger partial charge in [-0.05, 0) is 61.9 Å². The van der Waals surface area contributed by atoms with Gasteiger partial charge in [0.05, 0.1) is 11.6 Å². The van der Waals surface area contributed by atoms with Gasteiger partial charge in [-0.1, -0.05) is 42.6 Å². The molecule has 2 heterocycles. The van der Waals surface area contributed by atoms with Crippen molar-refractivity contribution in [3.05, 3.63) is 87.5 Å². The molecule has 1 fully saturated rings. The molecule has 2 atom stereocenters. The van der Waals surface area contributed by atoms with Crippen LogP contribution in [-0.2, 0) is 9.59 Å². The van der Waals surface area contributed by atoms with E-state index in [-0.39, 0.29) is 23.7 Å². The first kappa shape index (κ1) is 21.9. The molecule has 2 aliphatic carbocycles. The Kier molecular flexibility index (Phi) is 6.07. The first-order valence-corrected chi connectivity index (χ1v) is 12.1. The predicted octanol–water partition coefficient (Wildman–Crippen LogP) is 5.16. The molecular weight excluding hydrogens is 434 g/mol. The third-order valence-corrected chi connectivity index (χ3v) is 7.34. The van der Waals surface area contributed by atoms with Gasteiger partial charge in [-0.2, -0.15) is 0 Å². The van der Waals surface area contributed by atoms with Crippen LogP contribution in [0.2, 0.25) is 5.02 Å². The lowest BCUT2D eigenvalue weighted by Gasteiger charge is -2.36. The molecule has 0 spiro atoms. The van der Waals surface area contributed by atoms with E-state index in [9.17, 15) is 9.59 Å². The van der Waals surface area contributed by atoms with Crippen molar-refractivity contribution in [2.75, 3.05) is 0 Å². The highest BCUT2D eigenvalue weighted by atomic mass is 35.5. The van der Waals surface area contributed by atoms with Crippen LogP contribution >= 0.6 is 11.6 Å². The quantitative estimate of drug-likeness (QED) is 0.660. The minimum Gasteiger partial charge on any atom is -0.362 e. The van der Waals surface area contributed by atoms with Gasteiger partial charge in [-0.25, -0.2) is 0 Å². The van der Waals surface area contributed by atoms with Crippen molar-refractivity contribution in [2.24, 2.45) is 0 Å². The third kappa shape index (κ3) is 4.34. The molecule has 3 aliphatic rings. The van der Waals surface area contributed by atoms with Crippen molar-refractivity contribution in [3.8, 4) is 0 Å². The van der Waals surface area contributed by atoms with Crippen molar-refractivity contribution in [1.29, 1.82) is 0 Å². The largest absolute Gasteiger partial charge is 0.362 e. The molecule has 33 heavy (non-hydrogen) atoms. The molecule has 6 heteroatoms. The van der Waals surface area contributed by atoms with Gasteiger partial charge in [0, 0.05) is 46.2 Å². The van der Waals surface area contributed by atoms with Crippen LogP contribution in [0.1, 0.15) is 68.5 Å². The lowest BCUT2D eigenvalue weighted by atomic mass is 9.72. The van der Waals surface area contributed by atoms with E-state index in [1.807, 2.05) is 49.4 Å². The van der Waals surface area contributed by atoms with Crippen LogP contribution in [0.3, 0.4) is 0 Å². The van der Waals surface area contributed by atoms with E-state index in [1.165, 1.54) is 0 Å². The van der Waals surface area contributed by atoms with Gasteiger partial charge in [0.2, 0.25) is 5.91 Å². The van der Waals surface area contributed by atoms with Crippen LogP contribution < -0.4 is 10.6 Å². The van der Waals surface area contributed by atoms with E-state index < -0.39 is 5.92 Å². The highest BCUT2D eigenvalue weighted by molar-refractivity contribution is 6.30. The monoisotopic (exact) mass is 461 g/mol. The number of benzene rings is 1. The number of amides is 1. The number of pyridine rings is 1. The van der Waals surface area contributed by atoms with E-state index in [1.54, 1.807) is 6.20 Å². The Morgan fingerprint density at radius 2 is 1.85 bits per heavy atom. The zero-order valence-electron chi connectivity index (χ0n) is 18.7. The van der Waals surface area contributed by atoms with Crippen molar-refractivity contribution in [2.45, 2.75) is 63.3 Å². The average Bonchev–Trinajstić information content (AvgIpc) is 3.32. The zero-order valence-corrected chi connectivity index (χ0v) is 19.5. The van der Waals surface area contributed by atoms with Crippen molar-refractivity contribution >= 4 is 23.3 Å². The lowest BCUT2D eigenvalue weighted by Crippen LogP contribution is -2.41. The summed E-state index contributed by atoms with van der Waals surface area (Å²) in [6.07, 6.45) is 7.15. The molecule has 2 N–H and O–H groups in total. The lowest BCUT2D eigenvalue weighted by molar-refractivity contribution is -0.118. The SMILES string of the molecule is CC1=C(C(=O)NC2CCCC2)[C@@H](c2ccccn2)C2=C(C[C@@H](c3ccc(Cl)cc3)CC2=O)N1. The Morgan fingerprint density at radius 3 is 2.55 bits per heavy atom. The number of allylic oxidation sites excluding steroid dienone is 3. The number of aromatic nitrogens is 1. The molecule has 0 saturated heterocycles. The number of ketones is 1. The molecule has 1 saturated carbocycles. The Morgan fingerprint density at radius 1 is 1.09 bits per heavy atom. The number of dihydropyridines is 1. The number of carbonyl (C=O) groups is 2. The first-order valence-electron chi connectivity index (χ1n) is 11.7. The maximum atomic E-state index is 13.6. The van der Waals surface area contributed by atoms with Gasteiger partial charge >= 0.3 is 0 Å². The minimum absolute atomic E-state index is 0.0676. The average molecular weight is 462 g/mol. The summed E-state index contributed by atoms with van der Waals surface area (Å²) < 4.78 is 0. The van der Waals surface area contributed by atoms with Gasteiger partial charge in [-0.3, -0.25) is 14.6 Å².